The molecule has 1 atom stereocenters. The zero-order valence-electron chi connectivity index (χ0n) is 14.0. The van der Waals surface area contributed by atoms with E-state index in [0.717, 1.165) is 42.6 Å². The van der Waals surface area contributed by atoms with Crippen LogP contribution in [0, 0.1) is 6.92 Å². The van der Waals surface area contributed by atoms with Crippen LogP contribution in [0.1, 0.15) is 36.0 Å². The van der Waals surface area contributed by atoms with Gasteiger partial charge in [-0.15, -0.1) is 0 Å². The predicted octanol–water partition coefficient (Wildman–Crippen LogP) is 4.32. The third kappa shape index (κ3) is 4.49. The van der Waals surface area contributed by atoms with Gasteiger partial charge in [0.2, 0.25) is 0 Å². The molecule has 0 aromatic heterocycles. The Kier molecular flexibility index (Phi) is 5.72. The maximum atomic E-state index is 10.2. The first-order chi connectivity index (χ1) is 11.7. The fourth-order valence-electron chi connectivity index (χ4n) is 2.75. The average Bonchev–Trinajstić information content (AvgIpc) is 2.62. The molecule has 2 aromatic carbocycles. The first-order valence-corrected chi connectivity index (χ1v) is 8.45. The largest absolute Gasteiger partial charge is 0.504 e. The van der Waals surface area contributed by atoms with Crippen molar-refractivity contribution < 1.29 is 19.3 Å². The molecule has 1 unspecified atom stereocenters. The van der Waals surface area contributed by atoms with E-state index in [1.165, 1.54) is 0 Å². The van der Waals surface area contributed by atoms with Crippen molar-refractivity contribution in [1.29, 1.82) is 0 Å². The summed E-state index contributed by atoms with van der Waals surface area (Å²) >= 11 is 0. The monoisotopic (exact) mass is 328 g/mol. The zero-order valence-corrected chi connectivity index (χ0v) is 14.0. The van der Waals surface area contributed by atoms with Crippen molar-refractivity contribution in [3.05, 3.63) is 59.2 Å². The number of phenols is 1. The Morgan fingerprint density at radius 1 is 1.12 bits per heavy atom. The lowest BCUT2D eigenvalue weighted by molar-refractivity contribution is -0.169. The van der Waals surface area contributed by atoms with E-state index < -0.39 is 0 Å². The van der Waals surface area contributed by atoms with Crippen LogP contribution >= 0.6 is 0 Å². The van der Waals surface area contributed by atoms with E-state index >= 15 is 0 Å². The molecule has 128 valence electrons. The fraction of sp³-hybridized carbons (Fsp3) is 0.400. The number of hydrogen-bond donors (Lipinski definition) is 1. The summed E-state index contributed by atoms with van der Waals surface area (Å²) in [6, 6.07) is 13.5. The molecule has 1 fully saturated rings. The topological polar surface area (TPSA) is 47.9 Å². The van der Waals surface area contributed by atoms with Crippen molar-refractivity contribution in [2.75, 3.05) is 6.61 Å². The Bertz CT molecular complexity index is 648. The minimum absolute atomic E-state index is 0.130. The number of ether oxygens (including phenoxy) is 3. The summed E-state index contributed by atoms with van der Waals surface area (Å²) in [6.45, 7) is 3.62. The number of hydrogen-bond acceptors (Lipinski definition) is 4. The highest BCUT2D eigenvalue weighted by molar-refractivity contribution is 5.46. The molecule has 24 heavy (non-hydrogen) atoms. The van der Waals surface area contributed by atoms with Gasteiger partial charge in [0.15, 0.2) is 17.8 Å². The molecule has 2 aromatic rings. The van der Waals surface area contributed by atoms with E-state index in [1.54, 1.807) is 6.07 Å². The summed E-state index contributed by atoms with van der Waals surface area (Å²) in [4.78, 5) is 0. The SMILES string of the molecule is Cc1cc(OCc2ccccc2)c(O)cc1COC1CCCCO1. The molecular formula is C20H24O4. The molecule has 0 amide bonds. The maximum Gasteiger partial charge on any atom is 0.161 e. The number of benzene rings is 2. The van der Waals surface area contributed by atoms with Gasteiger partial charge in [-0.25, -0.2) is 0 Å². The van der Waals surface area contributed by atoms with Gasteiger partial charge in [-0.2, -0.15) is 0 Å². The zero-order chi connectivity index (χ0) is 16.8. The number of aryl methyl sites for hydroxylation is 1. The normalized spacial score (nSPS) is 17.6. The summed E-state index contributed by atoms with van der Waals surface area (Å²) in [5.41, 5.74) is 3.05. The molecule has 1 N–H and O–H groups in total. The molecule has 3 rings (SSSR count). The smallest absolute Gasteiger partial charge is 0.161 e. The second-order valence-electron chi connectivity index (χ2n) is 6.13. The van der Waals surface area contributed by atoms with E-state index in [-0.39, 0.29) is 12.0 Å². The van der Waals surface area contributed by atoms with Crippen molar-refractivity contribution in [2.24, 2.45) is 0 Å². The molecule has 0 spiro atoms. The van der Waals surface area contributed by atoms with Crippen LogP contribution in [-0.2, 0) is 22.7 Å². The first kappa shape index (κ1) is 16.8. The quantitative estimate of drug-likeness (QED) is 0.858. The summed E-state index contributed by atoms with van der Waals surface area (Å²) in [5, 5.41) is 10.2. The van der Waals surface area contributed by atoms with Crippen LogP contribution in [0.15, 0.2) is 42.5 Å². The Morgan fingerprint density at radius 2 is 1.96 bits per heavy atom. The van der Waals surface area contributed by atoms with Crippen LogP contribution < -0.4 is 4.74 Å². The van der Waals surface area contributed by atoms with E-state index in [4.69, 9.17) is 14.2 Å². The van der Waals surface area contributed by atoms with Crippen LogP contribution in [0.4, 0.5) is 0 Å². The van der Waals surface area contributed by atoms with E-state index in [9.17, 15) is 5.11 Å². The predicted molar refractivity (Wildman–Crippen MR) is 92.0 cm³/mol. The second-order valence-corrected chi connectivity index (χ2v) is 6.13. The Balaban J connectivity index is 1.60. The van der Waals surface area contributed by atoms with Gasteiger partial charge in [0.1, 0.15) is 6.61 Å². The van der Waals surface area contributed by atoms with Crippen LogP contribution in [0.25, 0.3) is 0 Å². The molecule has 1 aliphatic heterocycles. The van der Waals surface area contributed by atoms with Crippen molar-refractivity contribution in [3.8, 4) is 11.5 Å². The van der Waals surface area contributed by atoms with Crippen LogP contribution in [0.5, 0.6) is 11.5 Å². The third-order valence-electron chi connectivity index (χ3n) is 4.22. The molecule has 0 aliphatic carbocycles. The van der Waals surface area contributed by atoms with E-state index in [2.05, 4.69) is 0 Å². The van der Waals surface area contributed by atoms with Gasteiger partial charge in [-0.3, -0.25) is 0 Å². The molecule has 0 saturated carbocycles. The highest BCUT2D eigenvalue weighted by atomic mass is 16.7. The first-order valence-electron chi connectivity index (χ1n) is 8.45. The van der Waals surface area contributed by atoms with E-state index in [0.29, 0.717) is 19.0 Å². The molecule has 1 saturated heterocycles. The average molecular weight is 328 g/mol. The Morgan fingerprint density at radius 3 is 2.71 bits per heavy atom. The highest BCUT2D eigenvalue weighted by Gasteiger charge is 2.15. The van der Waals surface area contributed by atoms with Gasteiger partial charge >= 0.3 is 0 Å². The van der Waals surface area contributed by atoms with Crippen molar-refractivity contribution in [2.45, 2.75) is 45.7 Å². The molecular weight excluding hydrogens is 304 g/mol. The minimum Gasteiger partial charge on any atom is -0.504 e. The second kappa shape index (κ2) is 8.18. The molecule has 0 bridgehead atoms. The van der Waals surface area contributed by atoms with Gasteiger partial charge in [0.05, 0.1) is 6.61 Å². The van der Waals surface area contributed by atoms with Crippen molar-refractivity contribution >= 4 is 0 Å². The Labute approximate surface area is 143 Å². The standard InChI is InChI=1S/C20H24O4/c1-15-11-19(23-13-16-7-3-2-4-8-16)18(21)12-17(15)14-24-20-9-5-6-10-22-20/h2-4,7-8,11-12,20-21H,5-6,9-10,13-14H2,1H3. The van der Waals surface area contributed by atoms with Crippen LogP contribution in [-0.4, -0.2) is 18.0 Å². The molecule has 4 heteroatoms. The van der Waals surface area contributed by atoms with Crippen molar-refractivity contribution in [3.63, 3.8) is 0 Å². The Hall–Kier alpha value is -2.04. The van der Waals surface area contributed by atoms with Gasteiger partial charge < -0.3 is 19.3 Å². The van der Waals surface area contributed by atoms with Gasteiger partial charge in [0.25, 0.3) is 0 Å². The lowest BCUT2D eigenvalue weighted by Gasteiger charge is -2.23. The highest BCUT2D eigenvalue weighted by Crippen LogP contribution is 2.31. The van der Waals surface area contributed by atoms with Crippen LogP contribution in [0.2, 0.25) is 0 Å². The lowest BCUT2D eigenvalue weighted by atomic mass is 10.1. The lowest BCUT2D eigenvalue weighted by Crippen LogP contribution is -2.22. The fourth-order valence-corrected chi connectivity index (χ4v) is 2.75. The van der Waals surface area contributed by atoms with Crippen LogP contribution in [0.3, 0.4) is 0 Å². The maximum absolute atomic E-state index is 10.2. The van der Waals surface area contributed by atoms with Gasteiger partial charge in [0, 0.05) is 6.61 Å². The summed E-state index contributed by atoms with van der Waals surface area (Å²) in [7, 11) is 0. The molecule has 4 nitrogen and oxygen atoms in total. The van der Waals surface area contributed by atoms with Gasteiger partial charge in [-0.1, -0.05) is 30.3 Å². The van der Waals surface area contributed by atoms with Crippen molar-refractivity contribution in [1.82, 2.24) is 0 Å². The van der Waals surface area contributed by atoms with Gasteiger partial charge in [-0.05, 0) is 55.0 Å². The number of rotatable bonds is 6. The number of aromatic hydroxyl groups is 1. The summed E-state index contributed by atoms with van der Waals surface area (Å²) < 4.78 is 17.1. The number of phenolic OH excluding ortho intramolecular Hbond substituents is 1. The third-order valence-corrected chi connectivity index (χ3v) is 4.22. The molecule has 0 radical (unpaired) electrons. The summed E-state index contributed by atoms with van der Waals surface area (Å²) in [6.07, 6.45) is 3.05. The molecule has 1 aliphatic rings. The van der Waals surface area contributed by atoms with E-state index in [1.807, 2.05) is 43.3 Å². The summed E-state index contributed by atoms with van der Waals surface area (Å²) in [5.74, 6) is 0.633. The molecule has 1 heterocycles. The minimum atomic E-state index is -0.130.